The normalized spacial score (nSPS) is 19.1. The lowest BCUT2D eigenvalue weighted by molar-refractivity contribution is 0.0895. The number of rotatable bonds is 2. The minimum absolute atomic E-state index is 0.0221. The maximum absolute atomic E-state index is 12.8. The monoisotopic (exact) mass is 310 g/mol. The SMILES string of the molecule is CN(C)C[C@@H]1CN2c3ccccc3Sc3cccc(c32)C1=O. The maximum Gasteiger partial charge on any atom is 0.171 e. The number of ketones is 1. The zero-order chi connectivity index (χ0) is 15.3. The summed E-state index contributed by atoms with van der Waals surface area (Å²) in [5, 5.41) is 0. The molecule has 22 heavy (non-hydrogen) atoms. The third-order valence-corrected chi connectivity index (χ3v) is 5.38. The number of hydrogen-bond acceptors (Lipinski definition) is 4. The van der Waals surface area contributed by atoms with E-state index in [2.05, 4.69) is 40.1 Å². The van der Waals surface area contributed by atoms with Gasteiger partial charge in [0.05, 0.1) is 17.3 Å². The highest BCUT2D eigenvalue weighted by Crippen LogP contribution is 2.51. The molecule has 2 aliphatic heterocycles. The first-order valence-electron chi connectivity index (χ1n) is 7.51. The summed E-state index contributed by atoms with van der Waals surface area (Å²) >= 11 is 1.76. The predicted molar refractivity (Wildman–Crippen MR) is 90.4 cm³/mol. The van der Waals surface area contributed by atoms with Crippen LogP contribution in [-0.4, -0.2) is 37.9 Å². The zero-order valence-corrected chi connectivity index (χ0v) is 13.6. The average molecular weight is 310 g/mol. The molecule has 4 heteroatoms. The minimum Gasteiger partial charge on any atom is -0.338 e. The molecule has 4 rings (SSSR count). The molecule has 2 aromatic rings. The number of anilines is 2. The number of fused-ring (bicyclic) bond motifs is 2. The van der Waals surface area contributed by atoms with Crippen molar-refractivity contribution in [3.63, 3.8) is 0 Å². The summed E-state index contributed by atoms with van der Waals surface area (Å²) in [5.41, 5.74) is 3.20. The van der Waals surface area contributed by atoms with Gasteiger partial charge in [-0.25, -0.2) is 0 Å². The number of carbonyl (C=O) groups excluding carboxylic acids is 1. The highest BCUT2D eigenvalue weighted by atomic mass is 32.2. The van der Waals surface area contributed by atoms with Crippen molar-refractivity contribution >= 4 is 28.9 Å². The molecule has 0 bridgehead atoms. The van der Waals surface area contributed by atoms with Crippen LogP contribution in [0.3, 0.4) is 0 Å². The molecule has 0 N–H and O–H groups in total. The molecule has 0 radical (unpaired) electrons. The summed E-state index contributed by atoms with van der Waals surface area (Å²) in [6.07, 6.45) is 0. The van der Waals surface area contributed by atoms with Crippen LogP contribution >= 0.6 is 11.8 Å². The van der Waals surface area contributed by atoms with Gasteiger partial charge >= 0.3 is 0 Å². The van der Waals surface area contributed by atoms with Crippen molar-refractivity contribution in [2.24, 2.45) is 5.92 Å². The zero-order valence-electron chi connectivity index (χ0n) is 12.7. The van der Waals surface area contributed by atoms with Gasteiger partial charge in [0.2, 0.25) is 0 Å². The topological polar surface area (TPSA) is 23.6 Å². The van der Waals surface area contributed by atoms with E-state index in [1.807, 2.05) is 26.2 Å². The van der Waals surface area contributed by atoms with Crippen molar-refractivity contribution in [3.8, 4) is 0 Å². The second-order valence-electron chi connectivity index (χ2n) is 6.16. The Morgan fingerprint density at radius 3 is 2.73 bits per heavy atom. The van der Waals surface area contributed by atoms with E-state index >= 15 is 0 Å². The Kier molecular flexibility index (Phi) is 3.24. The summed E-state index contributed by atoms with van der Waals surface area (Å²) in [6, 6.07) is 14.6. The predicted octanol–water partition coefficient (Wildman–Crippen LogP) is 3.66. The fourth-order valence-corrected chi connectivity index (χ4v) is 4.51. The van der Waals surface area contributed by atoms with Crippen LogP contribution in [0.1, 0.15) is 10.4 Å². The first-order valence-corrected chi connectivity index (χ1v) is 8.33. The van der Waals surface area contributed by atoms with E-state index in [-0.39, 0.29) is 11.7 Å². The fraction of sp³-hybridized carbons (Fsp3) is 0.278. The Hall–Kier alpha value is -1.78. The van der Waals surface area contributed by atoms with Crippen LogP contribution < -0.4 is 4.90 Å². The van der Waals surface area contributed by atoms with E-state index in [1.165, 1.54) is 15.5 Å². The molecule has 0 saturated carbocycles. The molecule has 2 aliphatic rings. The van der Waals surface area contributed by atoms with E-state index in [4.69, 9.17) is 0 Å². The van der Waals surface area contributed by atoms with Crippen LogP contribution in [0, 0.1) is 5.92 Å². The summed E-state index contributed by atoms with van der Waals surface area (Å²) in [7, 11) is 4.05. The highest BCUT2D eigenvalue weighted by Gasteiger charge is 2.37. The fourth-order valence-electron chi connectivity index (χ4n) is 3.38. The van der Waals surface area contributed by atoms with Crippen LogP contribution in [0.25, 0.3) is 0 Å². The smallest absolute Gasteiger partial charge is 0.171 e. The van der Waals surface area contributed by atoms with Crippen LogP contribution in [0.2, 0.25) is 0 Å². The molecule has 0 aromatic heterocycles. The van der Waals surface area contributed by atoms with Gasteiger partial charge in [0, 0.05) is 28.4 Å². The van der Waals surface area contributed by atoms with E-state index in [9.17, 15) is 4.79 Å². The van der Waals surface area contributed by atoms with E-state index in [1.54, 1.807) is 11.8 Å². The Bertz CT molecular complexity index is 757. The quantitative estimate of drug-likeness (QED) is 0.844. The lowest BCUT2D eigenvalue weighted by atomic mass is 9.90. The van der Waals surface area contributed by atoms with Crippen molar-refractivity contribution in [1.29, 1.82) is 0 Å². The van der Waals surface area contributed by atoms with Gasteiger partial charge in [-0.05, 0) is 38.4 Å². The second-order valence-corrected chi connectivity index (χ2v) is 7.24. The molecule has 2 aromatic carbocycles. The molecule has 2 heterocycles. The lowest BCUT2D eigenvalue weighted by Crippen LogP contribution is -2.42. The molecule has 3 nitrogen and oxygen atoms in total. The van der Waals surface area contributed by atoms with Crippen LogP contribution in [-0.2, 0) is 0 Å². The molecular weight excluding hydrogens is 292 g/mol. The lowest BCUT2D eigenvalue weighted by Gasteiger charge is -2.40. The summed E-state index contributed by atoms with van der Waals surface area (Å²) < 4.78 is 0. The summed E-state index contributed by atoms with van der Waals surface area (Å²) in [4.78, 5) is 19.7. The maximum atomic E-state index is 12.8. The van der Waals surface area contributed by atoms with E-state index in [0.29, 0.717) is 0 Å². The molecule has 112 valence electrons. The van der Waals surface area contributed by atoms with Gasteiger partial charge in [0.15, 0.2) is 5.78 Å². The van der Waals surface area contributed by atoms with Gasteiger partial charge < -0.3 is 9.80 Å². The molecule has 1 atom stereocenters. The van der Waals surface area contributed by atoms with Crippen molar-refractivity contribution < 1.29 is 4.79 Å². The molecule has 0 aliphatic carbocycles. The number of hydrogen-bond donors (Lipinski definition) is 0. The molecule has 0 fully saturated rings. The van der Waals surface area contributed by atoms with Gasteiger partial charge in [-0.2, -0.15) is 0 Å². The molecule has 0 amide bonds. The largest absolute Gasteiger partial charge is 0.338 e. The van der Waals surface area contributed by atoms with E-state index < -0.39 is 0 Å². The van der Waals surface area contributed by atoms with Gasteiger partial charge in [0.25, 0.3) is 0 Å². The van der Waals surface area contributed by atoms with Gasteiger partial charge in [-0.3, -0.25) is 4.79 Å². The number of nitrogens with zero attached hydrogens (tertiary/aromatic N) is 2. The summed E-state index contributed by atoms with van der Waals surface area (Å²) in [5.74, 6) is 0.302. The molecule has 0 unspecified atom stereocenters. The number of Topliss-reactive ketones (excluding diaryl/α,β-unsaturated/α-hetero) is 1. The molecule has 0 spiro atoms. The Morgan fingerprint density at radius 2 is 1.91 bits per heavy atom. The summed E-state index contributed by atoms with van der Waals surface area (Å²) in [6.45, 7) is 1.55. The Balaban J connectivity index is 1.87. The van der Waals surface area contributed by atoms with Crippen molar-refractivity contribution in [1.82, 2.24) is 4.90 Å². The molecule has 0 saturated heterocycles. The standard InChI is InChI=1S/C18H18N2OS/c1-19(2)10-12-11-20-14-7-3-4-8-15(14)22-16-9-5-6-13(17(16)20)18(12)21/h3-9,12H,10-11H2,1-2H3/t12-/m1/s1. The van der Waals surface area contributed by atoms with Crippen molar-refractivity contribution in [2.75, 3.05) is 32.1 Å². The Labute approximate surface area is 134 Å². The van der Waals surface area contributed by atoms with Crippen molar-refractivity contribution in [3.05, 3.63) is 48.0 Å². The van der Waals surface area contributed by atoms with Gasteiger partial charge in [-0.1, -0.05) is 30.0 Å². The minimum atomic E-state index is 0.0221. The van der Waals surface area contributed by atoms with Gasteiger partial charge in [0.1, 0.15) is 0 Å². The number of carbonyl (C=O) groups is 1. The Morgan fingerprint density at radius 1 is 1.14 bits per heavy atom. The third kappa shape index (κ3) is 2.06. The first-order chi connectivity index (χ1) is 10.6. The van der Waals surface area contributed by atoms with Gasteiger partial charge in [-0.15, -0.1) is 0 Å². The number of para-hydroxylation sites is 2. The average Bonchev–Trinajstić information content (AvgIpc) is 2.51. The highest BCUT2D eigenvalue weighted by molar-refractivity contribution is 7.99. The number of benzene rings is 2. The van der Waals surface area contributed by atoms with Crippen molar-refractivity contribution in [2.45, 2.75) is 9.79 Å². The molecular formula is C18H18N2OS. The van der Waals surface area contributed by atoms with Crippen LogP contribution in [0.4, 0.5) is 11.4 Å². The van der Waals surface area contributed by atoms with E-state index in [0.717, 1.165) is 24.3 Å². The first kappa shape index (κ1) is 13.9. The van der Waals surface area contributed by atoms with Crippen LogP contribution in [0.5, 0.6) is 0 Å². The second kappa shape index (κ2) is 5.14. The van der Waals surface area contributed by atoms with Crippen LogP contribution in [0.15, 0.2) is 52.3 Å². The third-order valence-electron chi connectivity index (χ3n) is 4.27.